The second-order valence-electron chi connectivity index (χ2n) is 6.50. The van der Waals surface area contributed by atoms with E-state index in [2.05, 4.69) is 16.0 Å². The minimum Gasteiger partial charge on any atom is -0.340 e. The van der Waals surface area contributed by atoms with Gasteiger partial charge in [-0.1, -0.05) is 18.2 Å². The maximum absolute atomic E-state index is 13.0. The normalized spacial score (nSPS) is 17.4. The molecule has 0 bridgehead atoms. The van der Waals surface area contributed by atoms with Crippen molar-refractivity contribution in [3.05, 3.63) is 58.3 Å². The van der Waals surface area contributed by atoms with Gasteiger partial charge in [0.1, 0.15) is 0 Å². The number of nitriles is 1. The van der Waals surface area contributed by atoms with Crippen LogP contribution in [0, 0.1) is 11.3 Å². The predicted octanol–water partition coefficient (Wildman–Crippen LogP) is 0.738. The lowest BCUT2D eigenvalue weighted by Gasteiger charge is -2.32. The van der Waals surface area contributed by atoms with Gasteiger partial charge in [0.15, 0.2) is 0 Å². The number of aromatic nitrogens is 4. The highest BCUT2D eigenvalue weighted by atomic mass is 16.1. The number of imidazole rings is 1. The van der Waals surface area contributed by atoms with E-state index in [0.29, 0.717) is 23.8 Å². The number of nitrogens with two attached hydrogens (primary N) is 1. The molecule has 0 saturated carbocycles. The molecule has 1 aliphatic rings. The fraction of sp³-hybridized carbons (Fsp3) is 0.333. The van der Waals surface area contributed by atoms with Crippen LogP contribution in [-0.4, -0.2) is 38.1 Å². The molecular weight excluding hydrogens is 330 g/mol. The van der Waals surface area contributed by atoms with Crippen LogP contribution in [0.15, 0.2) is 41.5 Å². The molecule has 1 aliphatic heterocycles. The number of anilines is 1. The SMILES string of the molecule is N#Cc1ccccc1Cn1c(N2CCC[C@@H](N)C2)nc2nccn2c1=O. The first-order valence-electron chi connectivity index (χ1n) is 8.60. The highest BCUT2D eigenvalue weighted by Crippen LogP contribution is 2.19. The lowest BCUT2D eigenvalue weighted by Crippen LogP contribution is -2.46. The highest BCUT2D eigenvalue weighted by Gasteiger charge is 2.23. The fourth-order valence-corrected chi connectivity index (χ4v) is 3.40. The minimum absolute atomic E-state index is 0.0523. The zero-order valence-electron chi connectivity index (χ0n) is 14.2. The van der Waals surface area contributed by atoms with Crippen molar-refractivity contribution in [1.29, 1.82) is 5.26 Å². The molecule has 1 aromatic carbocycles. The fourth-order valence-electron chi connectivity index (χ4n) is 3.40. The van der Waals surface area contributed by atoms with Gasteiger partial charge in [-0.3, -0.25) is 4.57 Å². The number of rotatable bonds is 3. The van der Waals surface area contributed by atoms with Crippen LogP contribution in [-0.2, 0) is 6.54 Å². The van der Waals surface area contributed by atoms with Crippen LogP contribution < -0.4 is 16.3 Å². The van der Waals surface area contributed by atoms with Crippen LogP contribution in [0.4, 0.5) is 5.95 Å². The lowest BCUT2D eigenvalue weighted by molar-refractivity contribution is 0.489. The molecule has 0 radical (unpaired) electrons. The largest absolute Gasteiger partial charge is 0.340 e. The summed E-state index contributed by atoms with van der Waals surface area (Å²) >= 11 is 0. The van der Waals surface area contributed by atoms with Crippen LogP contribution >= 0.6 is 0 Å². The molecule has 1 saturated heterocycles. The first-order chi connectivity index (χ1) is 12.7. The number of fused-ring (bicyclic) bond motifs is 1. The minimum atomic E-state index is -0.227. The number of hydrogen-bond acceptors (Lipinski definition) is 6. The molecular formula is C18H19N7O. The van der Waals surface area contributed by atoms with Gasteiger partial charge in [-0.15, -0.1) is 0 Å². The highest BCUT2D eigenvalue weighted by molar-refractivity contribution is 5.42. The molecule has 8 nitrogen and oxygen atoms in total. The quantitative estimate of drug-likeness (QED) is 0.748. The van der Waals surface area contributed by atoms with Crippen molar-refractivity contribution in [3.63, 3.8) is 0 Å². The van der Waals surface area contributed by atoms with E-state index in [1.165, 1.54) is 4.40 Å². The molecule has 0 amide bonds. The van der Waals surface area contributed by atoms with Crippen LogP contribution in [0.1, 0.15) is 24.0 Å². The summed E-state index contributed by atoms with van der Waals surface area (Å²) in [5.74, 6) is 0.922. The Morgan fingerprint density at radius 3 is 3.00 bits per heavy atom. The van der Waals surface area contributed by atoms with Crippen molar-refractivity contribution in [2.24, 2.45) is 5.73 Å². The van der Waals surface area contributed by atoms with Gasteiger partial charge in [0.25, 0.3) is 0 Å². The summed E-state index contributed by atoms with van der Waals surface area (Å²) in [6.45, 7) is 1.70. The smallest absolute Gasteiger partial charge is 0.338 e. The van der Waals surface area contributed by atoms with E-state index >= 15 is 0 Å². The monoisotopic (exact) mass is 349 g/mol. The second kappa shape index (κ2) is 6.61. The molecule has 132 valence electrons. The van der Waals surface area contributed by atoms with E-state index < -0.39 is 0 Å². The lowest BCUT2D eigenvalue weighted by atomic mass is 10.1. The Morgan fingerprint density at radius 1 is 1.35 bits per heavy atom. The van der Waals surface area contributed by atoms with Crippen molar-refractivity contribution >= 4 is 11.7 Å². The number of benzene rings is 1. The molecule has 1 fully saturated rings. The zero-order valence-corrected chi connectivity index (χ0v) is 14.2. The average Bonchev–Trinajstić information content (AvgIpc) is 3.13. The van der Waals surface area contributed by atoms with Gasteiger partial charge in [-0.05, 0) is 24.5 Å². The predicted molar refractivity (Wildman–Crippen MR) is 96.9 cm³/mol. The molecule has 8 heteroatoms. The van der Waals surface area contributed by atoms with E-state index in [9.17, 15) is 10.1 Å². The van der Waals surface area contributed by atoms with Crippen molar-refractivity contribution in [1.82, 2.24) is 18.9 Å². The average molecular weight is 349 g/mol. The summed E-state index contributed by atoms with van der Waals surface area (Å²) in [4.78, 5) is 23.9. The Kier molecular flexibility index (Phi) is 4.14. The molecule has 1 atom stereocenters. The van der Waals surface area contributed by atoms with E-state index in [1.807, 2.05) is 23.1 Å². The Balaban J connectivity index is 1.86. The van der Waals surface area contributed by atoms with Crippen molar-refractivity contribution in [2.75, 3.05) is 18.0 Å². The summed E-state index contributed by atoms with van der Waals surface area (Å²) < 4.78 is 3.02. The molecule has 0 unspecified atom stereocenters. The third-order valence-corrected chi connectivity index (χ3v) is 4.71. The van der Waals surface area contributed by atoms with Crippen LogP contribution in [0.3, 0.4) is 0 Å². The van der Waals surface area contributed by atoms with Gasteiger partial charge >= 0.3 is 5.69 Å². The zero-order chi connectivity index (χ0) is 18.1. The van der Waals surface area contributed by atoms with E-state index in [4.69, 9.17) is 5.73 Å². The third-order valence-electron chi connectivity index (χ3n) is 4.71. The Labute approximate surface area is 150 Å². The topological polar surface area (TPSA) is 105 Å². The Hall–Kier alpha value is -3.18. The van der Waals surface area contributed by atoms with Crippen molar-refractivity contribution < 1.29 is 0 Å². The number of nitrogens with zero attached hydrogens (tertiary/aromatic N) is 6. The van der Waals surface area contributed by atoms with Crippen LogP contribution in [0.2, 0.25) is 0 Å². The van der Waals surface area contributed by atoms with Crippen LogP contribution in [0.5, 0.6) is 0 Å². The van der Waals surface area contributed by atoms with E-state index in [-0.39, 0.29) is 18.3 Å². The van der Waals surface area contributed by atoms with Gasteiger partial charge in [0.2, 0.25) is 11.7 Å². The Bertz CT molecular complexity index is 1050. The first-order valence-corrected chi connectivity index (χ1v) is 8.60. The molecule has 3 aromatic rings. The molecule has 0 aliphatic carbocycles. The van der Waals surface area contributed by atoms with Crippen molar-refractivity contribution in [3.8, 4) is 6.07 Å². The van der Waals surface area contributed by atoms with Crippen molar-refractivity contribution in [2.45, 2.75) is 25.4 Å². The summed E-state index contributed by atoms with van der Waals surface area (Å²) in [6.07, 6.45) is 5.07. The van der Waals surface area contributed by atoms with E-state index in [0.717, 1.165) is 24.9 Å². The second-order valence-corrected chi connectivity index (χ2v) is 6.50. The summed E-state index contributed by atoms with van der Waals surface area (Å²) in [7, 11) is 0. The molecule has 2 N–H and O–H groups in total. The molecule has 0 spiro atoms. The standard InChI is InChI=1S/C18H19N7O/c19-10-13-4-1-2-5-14(13)11-25-17(23-8-3-6-15(20)12-23)22-16-21-7-9-24(16)18(25)26/h1-2,4-5,7,9,15H,3,6,8,11-12,20H2/t15-/m1/s1. The Morgan fingerprint density at radius 2 is 2.19 bits per heavy atom. The molecule has 4 rings (SSSR count). The van der Waals surface area contributed by atoms with Gasteiger partial charge in [0.05, 0.1) is 18.2 Å². The molecule has 2 aromatic heterocycles. The van der Waals surface area contributed by atoms with Gasteiger partial charge in [-0.2, -0.15) is 10.2 Å². The first kappa shape index (κ1) is 16.3. The third kappa shape index (κ3) is 2.82. The molecule has 26 heavy (non-hydrogen) atoms. The van der Waals surface area contributed by atoms with Gasteiger partial charge in [-0.25, -0.2) is 14.2 Å². The maximum atomic E-state index is 13.0. The summed E-state index contributed by atoms with van der Waals surface area (Å²) in [5, 5.41) is 9.36. The number of piperidine rings is 1. The summed E-state index contributed by atoms with van der Waals surface area (Å²) in [6, 6.07) is 9.52. The maximum Gasteiger partial charge on any atom is 0.338 e. The van der Waals surface area contributed by atoms with E-state index in [1.54, 1.807) is 23.0 Å². The molecule has 3 heterocycles. The van der Waals surface area contributed by atoms with Crippen LogP contribution in [0.25, 0.3) is 5.78 Å². The number of hydrogen-bond donors (Lipinski definition) is 1. The summed E-state index contributed by atoms with van der Waals surface area (Å²) in [5.41, 5.74) is 7.22. The van der Waals surface area contributed by atoms with Gasteiger partial charge < -0.3 is 10.6 Å². The van der Waals surface area contributed by atoms with Gasteiger partial charge in [0, 0.05) is 31.5 Å².